The Bertz CT molecular complexity index is 678. The fourth-order valence-corrected chi connectivity index (χ4v) is 2.61. The van der Waals surface area contributed by atoms with E-state index in [1.165, 1.54) is 18.4 Å². The van der Waals surface area contributed by atoms with Crippen LogP contribution in [-0.4, -0.2) is 30.8 Å². The van der Waals surface area contributed by atoms with Gasteiger partial charge in [-0.05, 0) is 32.6 Å². The van der Waals surface area contributed by atoms with E-state index in [9.17, 15) is 4.79 Å². The second-order valence-corrected chi connectivity index (χ2v) is 5.24. The molecular weight excluding hydrogens is 256 g/mol. The lowest BCUT2D eigenvalue weighted by Gasteiger charge is -2.12. The zero-order valence-corrected chi connectivity index (χ0v) is 11.7. The number of rotatable bonds is 3. The first-order valence-electron chi connectivity index (χ1n) is 6.60. The molecule has 0 bridgehead atoms. The maximum absolute atomic E-state index is 11.0. The van der Waals surface area contributed by atoms with E-state index in [4.69, 9.17) is 5.11 Å². The van der Waals surface area contributed by atoms with Crippen molar-refractivity contribution < 1.29 is 9.90 Å². The van der Waals surface area contributed by atoms with Crippen molar-refractivity contribution in [1.82, 2.24) is 19.7 Å². The van der Waals surface area contributed by atoms with Crippen molar-refractivity contribution in [3.8, 4) is 11.3 Å². The van der Waals surface area contributed by atoms with Crippen molar-refractivity contribution in [2.45, 2.75) is 32.6 Å². The molecule has 0 unspecified atom stereocenters. The van der Waals surface area contributed by atoms with Crippen LogP contribution in [0.1, 0.15) is 46.3 Å². The van der Waals surface area contributed by atoms with Crippen LogP contribution in [0.5, 0.6) is 0 Å². The Labute approximate surface area is 116 Å². The van der Waals surface area contributed by atoms with Gasteiger partial charge in [0.1, 0.15) is 0 Å². The van der Waals surface area contributed by atoms with Gasteiger partial charge in [0.25, 0.3) is 0 Å². The lowest BCUT2D eigenvalue weighted by atomic mass is 10.0. The highest BCUT2D eigenvalue weighted by Gasteiger charge is 2.30. The van der Waals surface area contributed by atoms with Gasteiger partial charge in [-0.15, -0.1) is 0 Å². The summed E-state index contributed by atoms with van der Waals surface area (Å²) in [4.78, 5) is 19.2. The molecule has 0 amide bonds. The van der Waals surface area contributed by atoms with Crippen molar-refractivity contribution >= 4 is 5.97 Å². The number of carboxylic acids is 1. The van der Waals surface area contributed by atoms with Crippen LogP contribution < -0.4 is 0 Å². The molecule has 2 aromatic heterocycles. The van der Waals surface area contributed by atoms with Crippen molar-refractivity contribution in [3.63, 3.8) is 0 Å². The van der Waals surface area contributed by atoms with Gasteiger partial charge in [-0.1, -0.05) is 0 Å². The summed E-state index contributed by atoms with van der Waals surface area (Å²) >= 11 is 0. The first-order chi connectivity index (χ1) is 9.49. The van der Waals surface area contributed by atoms with E-state index in [-0.39, 0.29) is 5.82 Å². The number of aromatic nitrogens is 4. The van der Waals surface area contributed by atoms with E-state index < -0.39 is 5.97 Å². The van der Waals surface area contributed by atoms with Gasteiger partial charge in [-0.3, -0.25) is 4.68 Å². The highest BCUT2D eigenvalue weighted by atomic mass is 16.4. The second kappa shape index (κ2) is 4.40. The Morgan fingerprint density at radius 1 is 1.30 bits per heavy atom. The number of hydrogen-bond acceptors (Lipinski definition) is 4. The molecule has 3 rings (SSSR count). The molecule has 1 fully saturated rings. The van der Waals surface area contributed by atoms with Crippen LogP contribution >= 0.6 is 0 Å². The van der Waals surface area contributed by atoms with E-state index in [0.717, 1.165) is 11.3 Å². The Morgan fingerprint density at radius 3 is 2.40 bits per heavy atom. The second-order valence-electron chi connectivity index (χ2n) is 5.24. The molecule has 20 heavy (non-hydrogen) atoms. The van der Waals surface area contributed by atoms with Gasteiger partial charge in [0.15, 0.2) is 0 Å². The monoisotopic (exact) mass is 272 g/mol. The molecule has 104 valence electrons. The predicted molar refractivity (Wildman–Crippen MR) is 72.6 cm³/mol. The number of carbonyl (C=O) groups is 1. The summed E-state index contributed by atoms with van der Waals surface area (Å²) in [7, 11) is 1.89. The molecule has 0 atom stereocenters. The number of carboxylic acid groups (broad SMARTS) is 1. The molecule has 0 spiro atoms. The Balaban J connectivity index is 2.20. The highest BCUT2D eigenvalue weighted by molar-refractivity contribution is 5.84. The number of aromatic carboxylic acids is 1. The van der Waals surface area contributed by atoms with E-state index in [1.807, 2.05) is 31.8 Å². The smallest absolute Gasteiger partial charge is 0.373 e. The van der Waals surface area contributed by atoms with Crippen molar-refractivity contribution in [3.05, 3.63) is 29.0 Å². The number of aryl methyl sites for hydroxylation is 3. The quantitative estimate of drug-likeness (QED) is 0.925. The van der Waals surface area contributed by atoms with Gasteiger partial charge >= 0.3 is 5.97 Å². The average molecular weight is 272 g/mol. The highest BCUT2D eigenvalue weighted by Crippen LogP contribution is 2.44. The third kappa shape index (κ3) is 1.97. The van der Waals surface area contributed by atoms with Crippen LogP contribution in [0.4, 0.5) is 0 Å². The summed E-state index contributed by atoms with van der Waals surface area (Å²) in [5.74, 6) is -0.689. The standard InChI is InChI=1S/C14H16N4O2/c1-7-11(8(2)17-13(16-7)14(19)20)12-10(9-4-5-9)6-15-18(12)3/h6,9H,4-5H2,1-3H3,(H,19,20). The third-order valence-corrected chi connectivity index (χ3v) is 3.68. The SMILES string of the molecule is Cc1nc(C(=O)O)nc(C)c1-c1c(C2CC2)cnn1C. The van der Waals surface area contributed by atoms with Crippen LogP contribution in [0.25, 0.3) is 11.3 Å². The van der Waals surface area contributed by atoms with Gasteiger partial charge in [-0.25, -0.2) is 14.8 Å². The molecule has 0 radical (unpaired) electrons. The molecule has 1 N–H and O–H groups in total. The van der Waals surface area contributed by atoms with Crippen molar-refractivity contribution in [1.29, 1.82) is 0 Å². The minimum Gasteiger partial charge on any atom is -0.475 e. The van der Waals surface area contributed by atoms with E-state index in [0.29, 0.717) is 17.3 Å². The first kappa shape index (κ1) is 12.8. The lowest BCUT2D eigenvalue weighted by molar-refractivity contribution is 0.0683. The molecule has 6 nitrogen and oxygen atoms in total. The Hall–Kier alpha value is -2.24. The van der Waals surface area contributed by atoms with Gasteiger partial charge < -0.3 is 5.11 Å². The molecule has 1 aliphatic rings. The van der Waals surface area contributed by atoms with Gasteiger partial charge in [-0.2, -0.15) is 5.10 Å². The first-order valence-corrected chi connectivity index (χ1v) is 6.60. The minimum absolute atomic E-state index is 0.154. The summed E-state index contributed by atoms with van der Waals surface area (Å²) < 4.78 is 1.83. The van der Waals surface area contributed by atoms with Crippen LogP contribution in [0, 0.1) is 13.8 Å². The maximum Gasteiger partial charge on any atom is 0.373 e. The van der Waals surface area contributed by atoms with E-state index in [2.05, 4.69) is 15.1 Å². The summed E-state index contributed by atoms with van der Waals surface area (Å²) in [5.41, 5.74) is 4.49. The molecular formula is C14H16N4O2. The molecule has 0 saturated heterocycles. The zero-order chi connectivity index (χ0) is 14.4. The normalized spacial score (nSPS) is 14.6. The molecule has 0 aliphatic heterocycles. The Kier molecular flexibility index (Phi) is 2.81. The van der Waals surface area contributed by atoms with Crippen LogP contribution in [0.3, 0.4) is 0 Å². The van der Waals surface area contributed by atoms with Crippen molar-refractivity contribution in [2.75, 3.05) is 0 Å². The van der Waals surface area contributed by atoms with Crippen LogP contribution in [0.15, 0.2) is 6.20 Å². The van der Waals surface area contributed by atoms with Gasteiger partial charge in [0, 0.05) is 18.2 Å². The molecule has 2 aromatic rings. The number of nitrogens with zero attached hydrogens (tertiary/aromatic N) is 4. The predicted octanol–water partition coefficient (Wildman–Crippen LogP) is 2.07. The summed E-state index contributed by atoms with van der Waals surface area (Å²) in [6.07, 6.45) is 4.27. The minimum atomic E-state index is -1.10. The molecule has 0 aromatic carbocycles. The largest absolute Gasteiger partial charge is 0.475 e. The molecule has 1 aliphatic carbocycles. The van der Waals surface area contributed by atoms with Gasteiger partial charge in [0.2, 0.25) is 5.82 Å². The average Bonchev–Trinajstić information content (AvgIpc) is 3.14. The Morgan fingerprint density at radius 2 is 1.90 bits per heavy atom. The summed E-state index contributed by atoms with van der Waals surface area (Å²) in [5, 5.41) is 13.4. The fraction of sp³-hybridized carbons (Fsp3) is 0.429. The molecule has 6 heteroatoms. The fourth-order valence-electron chi connectivity index (χ4n) is 2.61. The van der Waals surface area contributed by atoms with Crippen molar-refractivity contribution in [2.24, 2.45) is 7.05 Å². The summed E-state index contributed by atoms with van der Waals surface area (Å²) in [6, 6.07) is 0. The lowest BCUT2D eigenvalue weighted by Crippen LogP contribution is -2.10. The molecule has 1 saturated carbocycles. The maximum atomic E-state index is 11.0. The number of hydrogen-bond donors (Lipinski definition) is 1. The zero-order valence-electron chi connectivity index (χ0n) is 11.7. The van der Waals surface area contributed by atoms with E-state index in [1.54, 1.807) is 0 Å². The van der Waals surface area contributed by atoms with Gasteiger partial charge in [0.05, 0.1) is 23.3 Å². The third-order valence-electron chi connectivity index (χ3n) is 3.68. The van der Waals surface area contributed by atoms with E-state index >= 15 is 0 Å². The van der Waals surface area contributed by atoms with Crippen LogP contribution in [-0.2, 0) is 7.05 Å². The van der Waals surface area contributed by atoms with Crippen LogP contribution in [0.2, 0.25) is 0 Å². The molecule has 2 heterocycles. The topological polar surface area (TPSA) is 80.9 Å². The summed E-state index contributed by atoms with van der Waals surface area (Å²) in [6.45, 7) is 3.64.